The summed E-state index contributed by atoms with van der Waals surface area (Å²) >= 11 is 0. The number of carbonyl (C=O) groups excluding carboxylic acids is 1. The maximum absolute atomic E-state index is 12.2. The van der Waals surface area contributed by atoms with Crippen LogP contribution >= 0.6 is 0 Å². The summed E-state index contributed by atoms with van der Waals surface area (Å²) in [4.78, 5) is 24.8. The molecule has 1 aromatic heterocycles. The number of unbranched alkanes of at least 4 members (excludes halogenated alkanes) is 11. The molecule has 0 aliphatic heterocycles. The topological polar surface area (TPSA) is 128 Å². The van der Waals surface area contributed by atoms with E-state index in [1.54, 1.807) is 0 Å². The number of aliphatic carboxylic acids is 1. The van der Waals surface area contributed by atoms with Gasteiger partial charge < -0.3 is 19.9 Å². The largest absolute Gasteiger partial charge is 0.508 e. The Morgan fingerprint density at radius 3 is 2.14 bits per heavy atom. The van der Waals surface area contributed by atoms with Gasteiger partial charge in [0, 0.05) is 0 Å². The normalized spacial score (nSPS) is 12.8. The summed E-state index contributed by atoms with van der Waals surface area (Å²) in [5, 5.41) is 23.4. The lowest BCUT2D eigenvalue weighted by Crippen LogP contribution is -2.41. The van der Waals surface area contributed by atoms with Crippen LogP contribution in [0.25, 0.3) is 0 Å². The lowest BCUT2D eigenvalue weighted by atomic mass is 10.0. The summed E-state index contributed by atoms with van der Waals surface area (Å²) in [7, 11) is 0. The molecule has 0 aliphatic carbocycles. The van der Waals surface area contributed by atoms with E-state index in [0.29, 0.717) is 13.2 Å². The predicted octanol–water partition coefficient (Wildman–Crippen LogP) is 5.52. The summed E-state index contributed by atoms with van der Waals surface area (Å²) in [5.74, 6) is -0.945. The highest BCUT2D eigenvalue weighted by Gasteiger charge is 2.18. The van der Waals surface area contributed by atoms with E-state index in [2.05, 4.69) is 34.6 Å². The van der Waals surface area contributed by atoms with Gasteiger partial charge in [-0.1, -0.05) is 78.1 Å². The SMILES string of the molecule is CCCCCCCCC(CCCCCC)OC(=O)OCCCCCCNC(Cn1ncnn1)C(=O)O. The van der Waals surface area contributed by atoms with Crippen molar-refractivity contribution >= 4 is 12.1 Å². The molecule has 0 radical (unpaired) electrons. The molecule has 2 atom stereocenters. The van der Waals surface area contributed by atoms with Crippen molar-refractivity contribution in [2.75, 3.05) is 13.2 Å². The smallest absolute Gasteiger partial charge is 0.480 e. The first-order chi connectivity index (χ1) is 17.6. The van der Waals surface area contributed by atoms with Gasteiger partial charge >= 0.3 is 12.1 Å². The van der Waals surface area contributed by atoms with E-state index < -0.39 is 18.2 Å². The van der Waals surface area contributed by atoms with Gasteiger partial charge in [-0.25, -0.2) is 4.79 Å². The van der Waals surface area contributed by atoms with E-state index >= 15 is 0 Å². The third-order valence-electron chi connectivity index (χ3n) is 6.24. The molecule has 1 aromatic rings. The monoisotopic (exact) mass is 511 g/mol. The highest BCUT2D eigenvalue weighted by molar-refractivity contribution is 5.73. The predicted molar refractivity (Wildman–Crippen MR) is 139 cm³/mol. The second-order valence-electron chi connectivity index (χ2n) is 9.49. The van der Waals surface area contributed by atoms with Crippen LogP contribution in [-0.4, -0.2) is 62.7 Å². The van der Waals surface area contributed by atoms with Crippen LogP contribution in [0.5, 0.6) is 0 Å². The number of tetrazole rings is 1. The third kappa shape index (κ3) is 17.2. The van der Waals surface area contributed by atoms with Crippen LogP contribution < -0.4 is 5.32 Å². The molecule has 1 heterocycles. The molecule has 36 heavy (non-hydrogen) atoms. The number of nitrogens with zero attached hydrogens (tertiary/aromatic N) is 4. The number of nitrogens with one attached hydrogen (secondary N) is 1. The van der Waals surface area contributed by atoms with E-state index in [0.717, 1.165) is 51.4 Å². The fraction of sp³-hybridized carbons (Fsp3) is 0.885. The van der Waals surface area contributed by atoms with Crippen LogP contribution in [0.4, 0.5) is 4.79 Å². The Labute approximate surface area is 216 Å². The number of hydrogen-bond donors (Lipinski definition) is 2. The average Bonchev–Trinajstić information content (AvgIpc) is 3.37. The zero-order chi connectivity index (χ0) is 26.3. The Kier molecular flexibility index (Phi) is 19.4. The van der Waals surface area contributed by atoms with Crippen molar-refractivity contribution in [3.63, 3.8) is 0 Å². The van der Waals surface area contributed by atoms with Crippen LogP contribution in [0.2, 0.25) is 0 Å². The molecule has 0 aromatic carbocycles. The molecule has 10 heteroatoms. The Balaban J connectivity index is 2.14. The van der Waals surface area contributed by atoms with Crippen LogP contribution in [-0.2, 0) is 20.8 Å². The second-order valence-corrected chi connectivity index (χ2v) is 9.49. The average molecular weight is 512 g/mol. The van der Waals surface area contributed by atoms with Gasteiger partial charge in [-0.2, -0.15) is 4.80 Å². The van der Waals surface area contributed by atoms with E-state index in [-0.39, 0.29) is 12.6 Å². The van der Waals surface area contributed by atoms with Gasteiger partial charge in [-0.05, 0) is 50.3 Å². The van der Waals surface area contributed by atoms with Gasteiger partial charge in [0.1, 0.15) is 12.1 Å². The van der Waals surface area contributed by atoms with E-state index in [1.165, 1.54) is 62.5 Å². The van der Waals surface area contributed by atoms with Crippen molar-refractivity contribution in [3.8, 4) is 0 Å². The molecule has 2 unspecified atom stereocenters. The minimum atomic E-state index is -0.945. The molecule has 0 fully saturated rings. The van der Waals surface area contributed by atoms with Crippen molar-refractivity contribution in [2.24, 2.45) is 0 Å². The second kappa shape index (κ2) is 22.0. The maximum Gasteiger partial charge on any atom is 0.508 e. The van der Waals surface area contributed by atoms with Gasteiger partial charge in [-0.15, -0.1) is 10.2 Å². The summed E-state index contributed by atoms with van der Waals surface area (Å²) in [6.07, 6.45) is 18.0. The molecule has 0 aliphatic rings. The zero-order valence-corrected chi connectivity index (χ0v) is 22.5. The van der Waals surface area contributed by atoms with Gasteiger partial charge in [0.25, 0.3) is 0 Å². The fourth-order valence-corrected chi connectivity index (χ4v) is 4.06. The standard InChI is InChI=1S/C26H49N5O5/c1-3-5-7-9-10-14-18-23(17-13-8-6-4-2)36-26(34)35-20-16-12-11-15-19-27-24(25(32)33)21-31-29-22-28-30-31/h22-24,27H,3-21H2,1-2H3,(H,32,33). The Bertz CT molecular complexity index is 659. The van der Waals surface area contributed by atoms with Crippen LogP contribution in [0.1, 0.15) is 117 Å². The molecule has 208 valence electrons. The number of aromatic nitrogens is 4. The lowest BCUT2D eigenvalue weighted by Gasteiger charge is -2.18. The fourth-order valence-electron chi connectivity index (χ4n) is 4.06. The molecule has 2 N–H and O–H groups in total. The zero-order valence-electron chi connectivity index (χ0n) is 22.5. The Morgan fingerprint density at radius 2 is 1.50 bits per heavy atom. The highest BCUT2D eigenvalue weighted by atomic mass is 16.7. The number of carbonyl (C=O) groups is 2. The van der Waals surface area contributed by atoms with E-state index in [1.807, 2.05) is 0 Å². The summed E-state index contributed by atoms with van der Waals surface area (Å²) in [6.45, 7) is 5.48. The van der Waals surface area contributed by atoms with Gasteiger partial charge in [0.15, 0.2) is 6.33 Å². The van der Waals surface area contributed by atoms with Crippen LogP contribution in [0, 0.1) is 0 Å². The molecule has 0 bridgehead atoms. The highest BCUT2D eigenvalue weighted by Crippen LogP contribution is 2.17. The number of carboxylic acid groups (broad SMARTS) is 1. The molecule has 0 amide bonds. The lowest BCUT2D eigenvalue weighted by molar-refractivity contribution is -0.140. The number of ether oxygens (including phenoxy) is 2. The first kappa shape index (κ1) is 31.8. The quantitative estimate of drug-likeness (QED) is 0.136. The van der Waals surface area contributed by atoms with Crippen molar-refractivity contribution < 1.29 is 24.2 Å². The molecule has 1 rings (SSSR count). The summed E-state index contributed by atoms with van der Waals surface area (Å²) in [6, 6.07) is -0.761. The van der Waals surface area contributed by atoms with Crippen molar-refractivity contribution in [1.82, 2.24) is 25.5 Å². The molecule has 10 nitrogen and oxygen atoms in total. The van der Waals surface area contributed by atoms with Crippen LogP contribution in [0.3, 0.4) is 0 Å². The van der Waals surface area contributed by atoms with E-state index in [4.69, 9.17) is 9.47 Å². The molecule has 0 spiro atoms. The maximum atomic E-state index is 12.2. The third-order valence-corrected chi connectivity index (χ3v) is 6.24. The van der Waals surface area contributed by atoms with Crippen molar-refractivity contribution in [3.05, 3.63) is 6.33 Å². The first-order valence-electron chi connectivity index (χ1n) is 14.1. The van der Waals surface area contributed by atoms with Gasteiger partial charge in [-0.3, -0.25) is 4.79 Å². The van der Waals surface area contributed by atoms with E-state index in [9.17, 15) is 14.7 Å². The van der Waals surface area contributed by atoms with Crippen LogP contribution in [0.15, 0.2) is 6.33 Å². The number of carboxylic acids is 1. The minimum absolute atomic E-state index is 0.0403. The van der Waals surface area contributed by atoms with Gasteiger partial charge in [0.2, 0.25) is 0 Å². The molecular weight excluding hydrogens is 462 g/mol. The summed E-state index contributed by atoms with van der Waals surface area (Å²) < 4.78 is 11.0. The number of rotatable bonds is 24. The molecule has 0 saturated carbocycles. The first-order valence-corrected chi connectivity index (χ1v) is 14.1. The van der Waals surface area contributed by atoms with Gasteiger partial charge in [0.05, 0.1) is 13.2 Å². The Hall–Kier alpha value is -2.23. The number of hydrogen-bond acceptors (Lipinski definition) is 8. The molecule has 0 saturated heterocycles. The Morgan fingerprint density at radius 1 is 0.889 bits per heavy atom. The minimum Gasteiger partial charge on any atom is -0.480 e. The summed E-state index contributed by atoms with van der Waals surface area (Å²) in [5.41, 5.74) is 0. The van der Waals surface area contributed by atoms with Crippen molar-refractivity contribution in [2.45, 2.75) is 135 Å². The molecular formula is C26H49N5O5. The van der Waals surface area contributed by atoms with Crippen molar-refractivity contribution in [1.29, 1.82) is 0 Å².